The minimum atomic E-state index is 0.294. The van der Waals surface area contributed by atoms with Crippen LogP contribution < -0.4 is 4.90 Å². The van der Waals surface area contributed by atoms with Crippen LogP contribution in [0.1, 0.15) is 46.5 Å². The zero-order valence-electron chi connectivity index (χ0n) is 12.8. The van der Waals surface area contributed by atoms with E-state index in [0.717, 1.165) is 17.6 Å². The molecule has 1 unspecified atom stereocenters. The third-order valence-corrected chi connectivity index (χ3v) is 4.48. The highest BCUT2D eigenvalue weighted by Crippen LogP contribution is 2.36. The molecule has 1 atom stereocenters. The molecule has 0 amide bonds. The zero-order valence-corrected chi connectivity index (χ0v) is 12.8. The number of nitrogens with one attached hydrogen (secondary N) is 1. The van der Waals surface area contributed by atoms with E-state index in [-0.39, 0.29) is 0 Å². The summed E-state index contributed by atoms with van der Waals surface area (Å²) >= 11 is 0. The summed E-state index contributed by atoms with van der Waals surface area (Å²) in [5.74, 6) is 0. The summed E-state index contributed by atoms with van der Waals surface area (Å²) in [6.45, 7) is 8.22. The lowest BCUT2D eigenvalue weighted by molar-refractivity contribution is 0.294. The first-order valence-corrected chi connectivity index (χ1v) is 7.76. The fourth-order valence-electron chi connectivity index (χ4n) is 3.46. The lowest BCUT2D eigenvalue weighted by Gasteiger charge is -2.40. The van der Waals surface area contributed by atoms with Gasteiger partial charge in [0.1, 0.15) is 5.52 Å². The standard InChI is InChI=1S/C17H25N3/c1-17(2,3)15-9-5-4-6-11-20(15)14-12-19-13-8-7-10-18-16(13)14/h7-8,10,12,15,19H,4-6,9,11H2,1-3H3. The predicted molar refractivity (Wildman–Crippen MR) is 85.2 cm³/mol. The topological polar surface area (TPSA) is 31.9 Å². The third-order valence-electron chi connectivity index (χ3n) is 4.48. The van der Waals surface area contributed by atoms with Gasteiger partial charge >= 0.3 is 0 Å². The fraction of sp³-hybridized carbons (Fsp3) is 0.588. The molecule has 2 aromatic rings. The SMILES string of the molecule is CC(C)(C)C1CCCCCN1c1c[nH]c2cccnc12. The van der Waals surface area contributed by atoms with E-state index in [1.807, 2.05) is 12.3 Å². The number of aromatic amines is 1. The Morgan fingerprint density at radius 2 is 2.10 bits per heavy atom. The van der Waals surface area contributed by atoms with Crippen molar-refractivity contribution in [1.29, 1.82) is 0 Å². The molecule has 1 aliphatic rings. The van der Waals surface area contributed by atoms with Gasteiger partial charge in [-0.25, -0.2) is 0 Å². The van der Waals surface area contributed by atoms with E-state index in [1.54, 1.807) is 0 Å². The van der Waals surface area contributed by atoms with E-state index in [0.29, 0.717) is 11.5 Å². The van der Waals surface area contributed by atoms with E-state index in [2.05, 4.69) is 47.9 Å². The number of aromatic nitrogens is 2. The highest BCUT2D eigenvalue weighted by molar-refractivity contribution is 5.89. The average molecular weight is 271 g/mol. The predicted octanol–water partition coefficient (Wildman–Crippen LogP) is 4.36. The second-order valence-electron chi connectivity index (χ2n) is 7.00. The number of nitrogens with zero attached hydrogens (tertiary/aromatic N) is 2. The quantitative estimate of drug-likeness (QED) is 0.835. The van der Waals surface area contributed by atoms with E-state index >= 15 is 0 Å². The van der Waals surface area contributed by atoms with Gasteiger partial charge in [0.15, 0.2) is 0 Å². The van der Waals surface area contributed by atoms with Crippen LogP contribution in [-0.2, 0) is 0 Å². The molecule has 0 saturated carbocycles. The van der Waals surface area contributed by atoms with Crippen molar-refractivity contribution in [2.75, 3.05) is 11.4 Å². The molecule has 0 bridgehead atoms. The first kappa shape index (κ1) is 13.5. The molecule has 20 heavy (non-hydrogen) atoms. The fourth-order valence-corrected chi connectivity index (χ4v) is 3.46. The largest absolute Gasteiger partial charge is 0.365 e. The molecule has 0 radical (unpaired) electrons. The Balaban J connectivity index is 2.04. The average Bonchev–Trinajstić information content (AvgIpc) is 2.66. The molecule has 108 valence electrons. The van der Waals surface area contributed by atoms with Gasteiger partial charge in [0, 0.05) is 25.0 Å². The van der Waals surface area contributed by atoms with E-state index in [1.165, 1.54) is 31.4 Å². The highest BCUT2D eigenvalue weighted by atomic mass is 15.2. The first-order chi connectivity index (χ1) is 9.57. The van der Waals surface area contributed by atoms with Crippen molar-refractivity contribution in [3.8, 4) is 0 Å². The normalized spacial score (nSPS) is 21.1. The van der Waals surface area contributed by atoms with Gasteiger partial charge in [-0.15, -0.1) is 0 Å². The van der Waals surface area contributed by atoms with Gasteiger partial charge in [0.25, 0.3) is 0 Å². The molecule has 1 fully saturated rings. The molecule has 0 spiro atoms. The van der Waals surface area contributed by atoms with Crippen LogP contribution in [0.4, 0.5) is 5.69 Å². The maximum absolute atomic E-state index is 4.59. The van der Waals surface area contributed by atoms with E-state index in [9.17, 15) is 0 Å². The zero-order chi connectivity index (χ0) is 14.2. The van der Waals surface area contributed by atoms with E-state index < -0.39 is 0 Å². The van der Waals surface area contributed by atoms with Crippen molar-refractivity contribution < 1.29 is 0 Å². The summed E-state index contributed by atoms with van der Waals surface area (Å²) in [5.41, 5.74) is 3.83. The van der Waals surface area contributed by atoms with Crippen LogP contribution in [0, 0.1) is 5.41 Å². The van der Waals surface area contributed by atoms with Gasteiger partial charge in [-0.05, 0) is 30.4 Å². The molecule has 0 aromatic carbocycles. The highest BCUT2D eigenvalue weighted by Gasteiger charge is 2.32. The van der Waals surface area contributed by atoms with Gasteiger partial charge in [-0.2, -0.15) is 0 Å². The minimum Gasteiger partial charge on any atom is -0.365 e. The lowest BCUT2D eigenvalue weighted by atomic mass is 9.83. The summed E-state index contributed by atoms with van der Waals surface area (Å²) in [7, 11) is 0. The smallest absolute Gasteiger partial charge is 0.111 e. The second kappa shape index (κ2) is 5.12. The number of anilines is 1. The van der Waals surface area contributed by atoms with Crippen molar-refractivity contribution in [2.24, 2.45) is 5.41 Å². The van der Waals surface area contributed by atoms with Crippen molar-refractivity contribution in [1.82, 2.24) is 9.97 Å². The van der Waals surface area contributed by atoms with Gasteiger partial charge in [-0.1, -0.05) is 33.6 Å². The first-order valence-electron chi connectivity index (χ1n) is 7.76. The monoisotopic (exact) mass is 271 g/mol. The summed E-state index contributed by atoms with van der Waals surface area (Å²) in [5, 5.41) is 0. The molecule has 1 aliphatic heterocycles. The second-order valence-corrected chi connectivity index (χ2v) is 7.00. The van der Waals surface area contributed by atoms with Crippen LogP contribution in [0.15, 0.2) is 24.5 Å². The van der Waals surface area contributed by atoms with Crippen LogP contribution in [0.5, 0.6) is 0 Å². The van der Waals surface area contributed by atoms with Gasteiger partial charge in [-0.3, -0.25) is 4.98 Å². The third kappa shape index (κ3) is 2.41. The Morgan fingerprint density at radius 1 is 1.25 bits per heavy atom. The van der Waals surface area contributed by atoms with Gasteiger partial charge < -0.3 is 9.88 Å². The van der Waals surface area contributed by atoms with Crippen LogP contribution in [-0.4, -0.2) is 22.6 Å². The number of rotatable bonds is 1. The molecule has 3 nitrogen and oxygen atoms in total. The van der Waals surface area contributed by atoms with Crippen molar-refractivity contribution in [3.63, 3.8) is 0 Å². The van der Waals surface area contributed by atoms with Crippen LogP contribution >= 0.6 is 0 Å². The molecule has 2 aromatic heterocycles. The maximum atomic E-state index is 4.59. The molecule has 0 aliphatic carbocycles. The number of hydrogen-bond acceptors (Lipinski definition) is 2. The number of H-pyrrole nitrogens is 1. The molecular weight excluding hydrogens is 246 g/mol. The number of fused-ring (bicyclic) bond motifs is 1. The van der Waals surface area contributed by atoms with Gasteiger partial charge in [0.2, 0.25) is 0 Å². The molecule has 1 saturated heterocycles. The minimum absolute atomic E-state index is 0.294. The summed E-state index contributed by atoms with van der Waals surface area (Å²) in [6, 6.07) is 4.69. The Labute approximate surface area is 121 Å². The summed E-state index contributed by atoms with van der Waals surface area (Å²) in [6.07, 6.45) is 9.29. The Morgan fingerprint density at radius 3 is 2.90 bits per heavy atom. The maximum Gasteiger partial charge on any atom is 0.111 e. The Bertz CT molecular complexity index is 579. The Kier molecular flexibility index (Phi) is 3.45. The summed E-state index contributed by atoms with van der Waals surface area (Å²) < 4.78 is 0. The van der Waals surface area contributed by atoms with Gasteiger partial charge in [0.05, 0.1) is 11.2 Å². The lowest BCUT2D eigenvalue weighted by Crippen LogP contribution is -2.43. The van der Waals surface area contributed by atoms with Crippen molar-refractivity contribution in [3.05, 3.63) is 24.5 Å². The molecule has 3 heteroatoms. The van der Waals surface area contributed by atoms with Crippen molar-refractivity contribution in [2.45, 2.75) is 52.5 Å². The summed E-state index contributed by atoms with van der Waals surface area (Å²) in [4.78, 5) is 10.6. The molecule has 1 N–H and O–H groups in total. The molecule has 3 rings (SSSR count). The number of hydrogen-bond donors (Lipinski definition) is 1. The van der Waals surface area contributed by atoms with Crippen LogP contribution in [0.2, 0.25) is 0 Å². The molecule has 3 heterocycles. The Hall–Kier alpha value is -1.51. The number of pyridine rings is 1. The van der Waals surface area contributed by atoms with Crippen molar-refractivity contribution >= 4 is 16.7 Å². The van der Waals surface area contributed by atoms with E-state index in [4.69, 9.17) is 0 Å². The van der Waals surface area contributed by atoms with Crippen LogP contribution in [0.3, 0.4) is 0 Å². The molecular formula is C17H25N3. The van der Waals surface area contributed by atoms with Crippen LogP contribution in [0.25, 0.3) is 11.0 Å².